The predicted molar refractivity (Wildman–Crippen MR) is 50.9 cm³/mol. The second kappa shape index (κ2) is 4.13. The highest BCUT2D eigenvalue weighted by molar-refractivity contribution is 6.33. The van der Waals surface area contributed by atoms with E-state index in [4.69, 9.17) is 16.7 Å². The van der Waals surface area contributed by atoms with Crippen LogP contribution in [0.1, 0.15) is 11.1 Å². The molecule has 0 aliphatic carbocycles. The van der Waals surface area contributed by atoms with Gasteiger partial charge in [-0.05, 0) is 6.07 Å². The highest BCUT2D eigenvalue weighted by Crippen LogP contribution is 2.32. The maximum atomic E-state index is 12.3. The van der Waals surface area contributed by atoms with Gasteiger partial charge in [0, 0.05) is 11.8 Å². The van der Waals surface area contributed by atoms with Gasteiger partial charge in [0.1, 0.15) is 5.15 Å². The van der Waals surface area contributed by atoms with Gasteiger partial charge in [0.25, 0.3) is 0 Å². The Bertz CT molecular complexity index is 457. The smallest absolute Gasteiger partial charge is 0.417 e. The summed E-state index contributed by atoms with van der Waals surface area (Å²) in [6.07, 6.45) is -4.08. The number of carboxylic acids is 1. The lowest BCUT2D eigenvalue weighted by atomic mass is 10.1. The van der Waals surface area contributed by atoms with Crippen molar-refractivity contribution in [1.82, 2.24) is 4.98 Å². The van der Waals surface area contributed by atoms with E-state index in [2.05, 4.69) is 11.6 Å². The quantitative estimate of drug-likeness (QED) is 0.649. The summed E-state index contributed by atoms with van der Waals surface area (Å²) in [6.45, 7) is 3.12. The number of carboxylic acid groups (broad SMARTS) is 1. The van der Waals surface area contributed by atoms with Gasteiger partial charge in [0.05, 0.1) is 11.1 Å². The molecular weight excluding hydrogens is 247 g/mol. The van der Waals surface area contributed by atoms with Crippen molar-refractivity contribution in [3.63, 3.8) is 0 Å². The SMILES string of the molecule is C=C(C(=O)O)c1cc(C(F)(F)F)cnc1Cl. The Kier molecular flexibility index (Phi) is 3.23. The molecule has 0 aromatic carbocycles. The summed E-state index contributed by atoms with van der Waals surface area (Å²) in [5, 5.41) is 8.25. The summed E-state index contributed by atoms with van der Waals surface area (Å²) in [5.74, 6) is -1.46. The van der Waals surface area contributed by atoms with Crippen LogP contribution < -0.4 is 0 Å². The van der Waals surface area contributed by atoms with Gasteiger partial charge >= 0.3 is 12.1 Å². The number of nitrogens with zero attached hydrogens (tertiary/aromatic N) is 1. The molecule has 86 valence electrons. The van der Waals surface area contributed by atoms with Gasteiger partial charge in [0.15, 0.2) is 0 Å². The van der Waals surface area contributed by atoms with Crippen LogP contribution in [-0.2, 0) is 11.0 Å². The molecule has 0 aliphatic heterocycles. The summed E-state index contributed by atoms with van der Waals surface area (Å²) in [4.78, 5) is 13.8. The van der Waals surface area contributed by atoms with Crippen molar-refractivity contribution in [3.05, 3.63) is 35.1 Å². The number of alkyl halides is 3. The molecule has 3 nitrogen and oxygen atoms in total. The third-order valence-electron chi connectivity index (χ3n) is 1.75. The largest absolute Gasteiger partial charge is 0.478 e. The predicted octanol–water partition coefficient (Wildman–Crippen LogP) is 2.85. The molecule has 1 heterocycles. The Hall–Kier alpha value is -1.56. The van der Waals surface area contributed by atoms with Crippen molar-refractivity contribution in [3.8, 4) is 0 Å². The molecule has 0 saturated carbocycles. The Morgan fingerprint density at radius 3 is 2.50 bits per heavy atom. The second-order valence-electron chi connectivity index (χ2n) is 2.84. The average molecular weight is 252 g/mol. The maximum Gasteiger partial charge on any atom is 0.417 e. The summed E-state index contributed by atoms with van der Waals surface area (Å²) >= 11 is 5.48. The lowest BCUT2D eigenvalue weighted by Gasteiger charge is -2.09. The van der Waals surface area contributed by atoms with Crippen molar-refractivity contribution in [2.45, 2.75) is 6.18 Å². The van der Waals surface area contributed by atoms with Crippen molar-refractivity contribution in [2.24, 2.45) is 0 Å². The third-order valence-corrected chi connectivity index (χ3v) is 2.05. The summed E-state index contributed by atoms with van der Waals surface area (Å²) in [7, 11) is 0. The minimum Gasteiger partial charge on any atom is -0.478 e. The van der Waals surface area contributed by atoms with E-state index in [-0.39, 0.29) is 10.7 Å². The number of halogens is 4. The van der Waals surface area contributed by atoms with E-state index in [0.717, 1.165) is 0 Å². The highest BCUT2D eigenvalue weighted by atomic mass is 35.5. The van der Waals surface area contributed by atoms with Crippen LogP contribution in [0.5, 0.6) is 0 Å². The molecule has 0 spiro atoms. The molecule has 0 fully saturated rings. The van der Waals surface area contributed by atoms with Crippen LogP contribution in [0.3, 0.4) is 0 Å². The highest BCUT2D eigenvalue weighted by Gasteiger charge is 2.32. The van der Waals surface area contributed by atoms with Crippen LogP contribution in [0.15, 0.2) is 18.8 Å². The molecule has 0 amide bonds. The van der Waals surface area contributed by atoms with Gasteiger partial charge < -0.3 is 5.11 Å². The van der Waals surface area contributed by atoms with Gasteiger partial charge in [0.2, 0.25) is 0 Å². The molecule has 1 N–H and O–H groups in total. The van der Waals surface area contributed by atoms with E-state index in [1.807, 2.05) is 0 Å². The fourth-order valence-electron chi connectivity index (χ4n) is 0.930. The Morgan fingerprint density at radius 1 is 1.50 bits per heavy atom. The number of hydrogen-bond acceptors (Lipinski definition) is 2. The first-order valence-electron chi connectivity index (χ1n) is 3.89. The van der Waals surface area contributed by atoms with Crippen LogP contribution >= 0.6 is 11.6 Å². The van der Waals surface area contributed by atoms with Crippen LogP contribution in [0, 0.1) is 0 Å². The van der Waals surface area contributed by atoms with E-state index in [0.29, 0.717) is 12.3 Å². The Morgan fingerprint density at radius 2 is 2.06 bits per heavy atom. The molecule has 0 aliphatic rings. The first-order valence-corrected chi connectivity index (χ1v) is 4.26. The van der Waals surface area contributed by atoms with Crippen LogP contribution in [0.25, 0.3) is 5.57 Å². The monoisotopic (exact) mass is 251 g/mol. The number of hydrogen-bond donors (Lipinski definition) is 1. The molecule has 0 atom stereocenters. The molecule has 0 saturated heterocycles. The number of aromatic nitrogens is 1. The van der Waals surface area contributed by atoms with Gasteiger partial charge in [-0.25, -0.2) is 9.78 Å². The first kappa shape index (κ1) is 12.5. The molecule has 0 unspecified atom stereocenters. The van der Waals surface area contributed by atoms with E-state index in [1.165, 1.54) is 0 Å². The van der Waals surface area contributed by atoms with E-state index >= 15 is 0 Å². The minimum atomic E-state index is -4.61. The zero-order chi connectivity index (χ0) is 12.5. The van der Waals surface area contributed by atoms with Gasteiger partial charge in [-0.2, -0.15) is 13.2 Å². The molecule has 0 radical (unpaired) electrons. The molecule has 7 heteroatoms. The Labute approximate surface area is 93.2 Å². The van der Waals surface area contributed by atoms with Crippen molar-refractivity contribution in [2.75, 3.05) is 0 Å². The fraction of sp³-hybridized carbons (Fsp3) is 0.111. The number of rotatable bonds is 2. The summed E-state index contributed by atoms with van der Waals surface area (Å²) in [6, 6.07) is 0.603. The lowest BCUT2D eigenvalue weighted by Crippen LogP contribution is -2.08. The second-order valence-corrected chi connectivity index (χ2v) is 3.20. The maximum absolute atomic E-state index is 12.3. The Balaban J connectivity index is 3.30. The topological polar surface area (TPSA) is 50.2 Å². The van der Waals surface area contributed by atoms with E-state index in [1.54, 1.807) is 0 Å². The van der Waals surface area contributed by atoms with Gasteiger partial charge in [-0.1, -0.05) is 18.2 Å². The molecule has 1 aromatic rings. The van der Waals surface area contributed by atoms with E-state index in [9.17, 15) is 18.0 Å². The number of aliphatic carboxylic acids is 1. The normalized spacial score (nSPS) is 11.2. The molecule has 1 rings (SSSR count). The molecule has 16 heavy (non-hydrogen) atoms. The van der Waals surface area contributed by atoms with Crippen molar-refractivity contribution >= 4 is 23.1 Å². The summed E-state index contributed by atoms with van der Waals surface area (Å²) < 4.78 is 36.9. The van der Waals surface area contributed by atoms with Crippen LogP contribution in [0.4, 0.5) is 13.2 Å². The number of pyridine rings is 1. The number of carbonyl (C=O) groups is 1. The van der Waals surface area contributed by atoms with Gasteiger partial charge in [-0.3, -0.25) is 0 Å². The zero-order valence-corrected chi connectivity index (χ0v) is 8.43. The average Bonchev–Trinajstić information content (AvgIpc) is 2.15. The van der Waals surface area contributed by atoms with E-state index < -0.39 is 23.3 Å². The van der Waals surface area contributed by atoms with Crippen LogP contribution in [-0.4, -0.2) is 16.1 Å². The van der Waals surface area contributed by atoms with Crippen molar-refractivity contribution in [1.29, 1.82) is 0 Å². The molecule has 0 bridgehead atoms. The van der Waals surface area contributed by atoms with Crippen LogP contribution in [0.2, 0.25) is 5.15 Å². The molecule has 1 aromatic heterocycles. The minimum absolute atomic E-state index is 0.333. The lowest BCUT2D eigenvalue weighted by molar-refractivity contribution is -0.138. The zero-order valence-electron chi connectivity index (χ0n) is 7.68. The standard InChI is InChI=1S/C9H5ClF3NO2/c1-4(8(15)16)6-2-5(9(11,12)13)3-14-7(6)10/h2-3H,1H2,(H,15,16). The fourth-order valence-corrected chi connectivity index (χ4v) is 1.15. The van der Waals surface area contributed by atoms with Gasteiger partial charge in [-0.15, -0.1) is 0 Å². The summed E-state index contributed by atoms with van der Waals surface area (Å²) in [5.41, 5.74) is -1.96. The first-order chi connectivity index (χ1) is 7.23. The van der Waals surface area contributed by atoms with Crippen molar-refractivity contribution < 1.29 is 23.1 Å². The third kappa shape index (κ3) is 2.52. The molecular formula is C9H5ClF3NO2.